The molecule has 0 saturated carbocycles. The number of carbonyl (C=O) groups excluding carboxylic acids is 1. The lowest BCUT2D eigenvalue weighted by Gasteiger charge is -2.16. The number of amides is 1. The molecule has 164 valence electrons. The van der Waals surface area contributed by atoms with E-state index in [0.717, 1.165) is 21.9 Å². The van der Waals surface area contributed by atoms with Gasteiger partial charge in [-0.2, -0.15) is 0 Å². The van der Waals surface area contributed by atoms with Crippen LogP contribution in [-0.2, 0) is 11.3 Å². The maximum atomic E-state index is 12.7. The van der Waals surface area contributed by atoms with Gasteiger partial charge in [0.25, 0.3) is 0 Å². The average Bonchev–Trinajstić information content (AvgIpc) is 3.48. The summed E-state index contributed by atoms with van der Waals surface area (Å²) < 4.78 is 7.30. The van der Waals surface area contributed by atoms with Gasteiger partial charge in [0.1, 0.15) is 5.75 Å². The Labute approximate surface area is 199 Å². The Morgan fingerprint density at radius 3 is 2.69 bits per heavy atom. The Balaban J connectivity index is 1.61. The largest absolute Gasteiger partial charge is 0.497 e. The van der Waals surface area contributed by atoms with Crippen molar-refractivity contribution in [3.8, 4) is 22.8 Å². The molecule has 0 fully saturated rings. The predicted molar refractivity (Wildman–Crippen MR) is 130 cm³/mol. The second-order valence-corrected chi connectivity index (χ2v) is 9.38. The van der Waals surface area contributed by atoms with E-state index in [-0.39, 0.29) is 11.7 Å². The lowest BCUT2D eigenvalue weighted by Crippen LogP contribution is -2.27. The van der Waals surface area contributed by atoms with E-state index in [2.05, 4.69) is 10.2 Å². The number of ether oxygens (including phenoxy) is 1. The summed E-state index contributed by atoms with van der Waals surface area (Å²) in [6.07, 6.45) is 0. The van der Waals surface area contributed by atoms with Gasteiger partial charge in [-0.1, -0.05) is 41.6 Å². The quantitative estimate of drug-likeness (QED) is 0.313. The van der Waals surface area contributed by atoms with Crippen molar-refractivity contribution in [2.24, 2.45) is 0 Å². The maximum Gasteiger partial charge on any atom is 0.233 e. The van der Waals surface area contributed by atoms with Crippen LogP contribution in [0.15, 0.2) is 71.2 Å². The highest BCUT2D eigenvalue weighted by molar-refractivity contribution is 7.99. The monoisotopic (exact) mass is 484 g/mol. The van der Waals surface area contributed by atoms with Gasteiger partial charge in [-0.15, -0.1) is 21.5 Å². The third-order valence-electron chi connectivity index (χ3n) is 4.77. The number of aromatic nitrogens is 3. The molecule has 4 rings (SSSR count). The van der Waals surface area contributed by atoms with Crippen LogP contribution in [0, 0.1) is 0 Å². The highest BCUT2D eigenvalue weighted by Gasteiger charge is 2.19. The molecule has 32 heavy (non-hydrogen) atoms. The molecule has 0 aliphatic heterocycles. The Hall–Kier alpha value is -2.81. The number of hydrogen-bond donors (Lipinski definition) is 0. The zero-order valence-corrected chi connectivity index (χ0v) is 20.0. The van der Waals surface area contributed by atoms with Crippen LogP contribution in [0.2, 0.25) is 5.02 Å². The van der Waals surface area contributed by atoms with Crippen LogP contribution in [0.25, 0.3) is 17.1 Å². The van der Waals surface area contributed by atoms with Gasteiger partial charge in [0.2, 0.25) is 5.91 Å². The molecule has 2 heterocycles. The Kier molecular flexibility index (Phi) is 7.14. The molecule has 0 bridgehead atoms. The number of thiophene rings is 1. The van der Waals surface area contributed by atoms with E-state index in [0.29, 0.717) is 22.5 Å². The first-order chi connectivity index (χ1) is 15.5. The summed E-state index contributed by atoms with van der Waals surface area (Å²) in [5, 5.41) is 12.1. The lowest BCUT2D eigenvalue weighted by molar-refractivity contribution is -0.127. The molecule has 0 saturated heterocycles. The Bertz CT molecular complexity index is 1190. The zero-order valence-electron chi connectivity index (χ0n) is 17.6. The molecule has 0 spiro atoms. The van der Waals surface area contributed by atoms with Crippen LogP contribution in [-0.4, -0.2) is 45.5 Å². The molecule has 9 heteroatoms. The predicted octanol–water partition coefficient (Wildman–Crippen LogP) is 5.41. The number of hydrogen-bond acceptors (Lipinski definition) is 6. The number of carbonyl (C=O) groups is 1. The molecule has 1 amide bonds. The van der Waals surface area contributed by atoms with Crippen LogP contribution < -0.4 is 4.74 Å². The van der Waals surface area contributed by atoms with Crippen molar-refractivity contribution in [1.82, 2.24) is 19.7 Å². The third-order valence-corrected chi connectivity index (χ3v) is 6.80. The summed E-state index contributed by atoms with van der Waals surface area (Å²) in [5.41, 5.74) is 1.72. The number of halogens is 1. The fourth-order valence-electron chi connectivity index (χ4n) is 3.10. The van der Waals surface area contributed by atoms with Gasteiger partial charge >= 0.3 is 0 Å². The van der Waals surface area contributed by atoms with E-state index in [1.165, 1.54) is 11.8 Å². The van der Waals surface area contributed by atoms with Crippen molar-refractivity contribution in [1.29, 1.82) is 0 Å². The van der Waals surface area contributed by atoms with Gasteiger partial charge < -0.3 is 9.64 Å². The molecule has 4 aromatic rings. The summed E-state index contributed by atoms with van der Waals surface area (Å²) in [7, 11) is 3.44. The van der Waals surface area contributed by atoms with Crippen LogP contribution in [0.1, 0.15) is 4.88 Å². The standard InChI is InChI=1S/C23H21ClN4O2S2/c1-27(14-20-7-4-12-31-20)21(29)15-32-23-26-25-22(16-5-3-6-19(13-16)30-2)28(23)18-10-8-17(24)9-11-18/h3-13H,14-15H2,1-2H3. The molecule has 0 atom stereocenters. The fraction of sp³-hybridized carbons (Fsp3) is 0.174. The molecular formula is C23H21ClN4O2S2. The van der Waals surface area contributed by atoms with Crippen molar-refractivity contribution < 1.29 is 9.53 Å². The number of thioether (sulfide) groups is 1. The Morgan fingerprint density at radius 2 is 1.97 bits per heavy atom. The summed E-state index contributed by atoms with van der Waals surface area (Å²) in [6.45, 7) is 0.593. The van der Waals surface area contributed by atoms with Crippen molar-refractivity contribution >= 4 is 40.6 Å². The molecule has 0 N–H and O–H groups in total. The van der Waals surface area contributed by atoms with Gasteiger partial charge in [-0.3, -0.25) is 9.36 Å². The average molecular weight is 485 g/mol. The number of benzene rings is 2. The van der Waals surface area contributed by atoms with E-state index < -0.39 is 0 Å². The third kappa shape index (κ3) is 5.15. The van der Waals surface area contributed by atoms with Crippen molar-refractivity contribution in [2.45, 2.75) is 11.7 Å². The molecule has 0 unspecified atom stereocenters. The molecule has 0 aliphatic rings. The highest BCUT2D eigenvalue weighted by atomic mass is 35.5. The summed E-state index contributed by atoms with van der Waals surface area (Å²) in [4.78, 5) is 15.6. The normalized spacial score (nSPS) is 10.8. The van der Waals surface area contributed by atoms with Crippen LogP contribution in [0.3, 0.4) is 0 Å². The molecule has 6 nitrogen and oxygen atoms in total. The van der Waals surface area contributed by atoms with E-state index >= 15 is 0 Å². The van der Waals surface area contributed by atoms with E-state index in [9.17, 15) is 4.79 Å². The number of nitrogens with zero attached hydrogens (tertiary/aromatic N) is 4. The van der Waals surface area contributed by atoms with E-state index in [4.69, 9.17) is 16.3 Å². The molecule has 0 radical (unpaired) electrons. The van der Waals surface area contributed by atoms with Gasteiger partial charge in [-0.25, -0.2) is 0 Å². The molecule has 2 aromatic heterocycles. The van der Waals surface area contributed by atoms with Crippen molar-refractivity contribution in [3.63, 3.8) is 0 Å². The van der Waals surface area contributed by atoms with Gasteiger partial charge in [0.15, 0.2) is 11.0 Å². The smallest absolute Gasteiger partial charge is 0.233 e. The first-order valence-electron chi connectivity index (χ1n) is 9.80. The second-order valence-electron chi connectivity index (χ2n) is 6.97. The van der Waals surface area contributed by atoms with Gasteiger partial charge in [0.05, 0.1) is 19.4 Å². The maximum absolute atomic E-state index is 12.7. The minimum absolute atomic E-state index is 0.0250. The highest BCUT2D eigenvalue weighted by Crippen LogP contribution is 2.30. The minimum Gasteiger partial charge on any atom is -0.497 e. The number of rotatable bonds is 8. The first kappa shape index (κ1) is 22.4. The summed E-state index contributed by atoms with van der Waals surface area (Å²) >= 11 is 9.09. The zero-order chi connectivity index (χ0) is 22.5. The van der Waals surface area contributed by atoms with Crippen LogP contribution >= 0.6 is 34.7 Å². The second kappa shape index (κ2) is 10.2. The molecule has 2 aromatic carbocycles. The van der Waals surface area contributed by atoms with Crippen LogP contribution in [0.4, 0.5) is 0 Å². The first-order valence-corrected chi connectivity index (χ1v) is 12.0. The fourth-order valence-corrected chi connectivity index (χ4v) is 4.87. The van der Waals surface area contributed by atoms with Crippen molar-refractivity contribution in [2.75, 3.05) is 19.9 Å². The SMILES string of the molecule is COc1cccc(-c2nnc(SCC(=O)N(C)Cc3cccs3)n2-c2ccc(Cl)cc2)c1. The van der Waals surface area contributed by atoms with Crippen LogP contribution in [0.5, 0.6) is 5.75 Å². The number of methoxy groups -OCH3 is 1. The Morgan fingerprint density at radius 1 is 1.16 bits per heavy atom. The lowest BCUT2D eigenvalue weighted by atomic mass is 10.2. The summed E-state index contributed by atoms with van der Waals surface area (Å²) in [5.74, 6) is 1.67. The topological polar surface area (TPSA) is 60.3 Å². The summed E-state index contributed by atoms with van der Waals surface area (Å²) in [6, 6.07) is 19.1. The van der Waals surface area contributed by atoms with E-state index in [1.54, 1.807) is 23.3 Å². The molecular weight excluding hydrogens is 464 g/mol. The van der Waals surface area contributed by atoms with Crippen molar-refractivity contribution in [3.05, 3.63) is 75.9 Å². The minimum atomic E-state index is 0.0250. The van der Waals surface area contributed by atoms with E-state index in [1.807, 2.05) is 77.7 Å². The van der Waals surface area contributed by atoms with Gasteiger partial charge in [-0.05, 0) is 47.8 Å². The molecule has 0 aliphatic carbocycles. The van der Waals surface area contributed by atoms with Gasteiger partial charge in [0, 0.05) is 28.2 Å².